The van der Waals surface area contributed by atoms with E-state index in [1.807, 2.05) is 0 Å². The second kappa shape index (κ2) is 5.63. The van der Waals surface area contributed by atoms with E-state index in [-0.39, 0.29) is 5.91 Å². The molecule has 0 heterocycles. The second-order valence-electron chi connectivity index (χ2n) is 3.82. The van der Waals surface area contributed by atoms with Gasteiger partial charge in [-0.3, -0.25) is 9.59 Å². The van der Waals surface area contributed by atoms with Crippen LogP contribution in [0.15, 0.2) is 48.5 Å². The minimum atomic E-state index is -0.599. The average molecular weight is 278 g/mol. The molecule has 0 aliphatic carbocycles. The molecule has 2 rings (SSSR count). The molecule has 0 unspecified atom stereocenters. The Bertz CT molecular complexity index is 626. The molecule has 0 aliphatic rings. The summed E-state index contributed by atoms with van der Waals surface area (Å²) in [6.07, 6.45) is 0. The second-order valence-corrected chi connectivity index (χ2v) is 4.16. The molecule has 2 aromatic rings. The first-order valence-corrected chi connectivity index (χ1v) is 5.81. The molecule has 5 heteroatoms. The van der Waals surface area contributed by atoms with Crippen LogP contribution in [0.25, 0.3) is 0 Å². The van der Waals surface area contributed by atoms with E-state index in [1.165, 1.54) is 30.3 Å². The molecule has 0 saturated carbocycles. The fourth-order valence-corrected chi connectivity index (χ4v) is 1.64. The van der Waals surface area contributed by atoms with Gasteiger partial charge in [0.05, 0.1) is 0 Å². The van der Waals surface area contributed by atoms with Crippen LogP contribution >= 0.6 is 11.6 Å². The van der Waals surface area contributed by atoms with Crippen LogP contribution in [-0.4, -0.2) is 11.1 Å². The van der Waals surface area contributed by atoms with Gasteiger partial charge in [0.25, 0.3) is 11.1 Å². The third-order valence-electron chi connectivity index (χ3n) is 2.45. The Labute approximate surface area is 114 Å². The Morgan fingerprint density at radius 3 is 2.32 bits per heavy atom. The lowest BCUT2D eigenvalue weighted by Gasteiger charge is -2.06. The van der Waals surface area contributed by atoms with E-state index in [1.54, 1.807) is 18.2 Å². The molecule has 0 bridgehead atoms. The Balaban J connectivity index is 2.17. The lowest BCUT2D eigenvalue weighted by molar-refractivity contribution is 0.102. The van der Waals surface area contributed by atoms with E-state index in [4.69, 9.17) is 11.6 Å². The average Bonchev–Trinajstić information content (AvgIpc) is 2.39. The summed E-state index contributed by atoms with van der Waals surface area (Å²) in [6.45, 7) is 0. The SMILES string of the molecule is O=C(Cl)c1cccc(NC(=O)c2ccc(F)cc2)c1. The topological polar surface area (TPSA) is 46.2 Å². The molecule has 3 nitrogen and oxygen atoms in total. The highest BCUT2D eigenvalue weighted by Crippen LogP contribution is 2.14. The fraction of sp³-hybridized carbons (Fsp3) is 0. The van der Waals surface area contributed by atoms with Gasteiger partial charge in [-0.05, 0) is 54.1 Å². The van der Waals surface area contributed by atoms with Gasteiger partial charge in [0.15, 0.2) is 0 Å². The molecule has 0 atom stereocenters. The number of carbonyl (C=O) groups is 2. The molecule has 0 fully saturated rings. The van der Waals surface area contributed by atoms with E-state index < -0.39 is 11.1 Å². The van der Waals surface area contributed by atoms with E-state index in [0.717, 1.165) is 0 Å². The van der Waals surface area contributed by atoms with Crippen molar-refractivity contribution in [2.75, 3.05) is 5.32 Å². The summed E-state index contributed by atoms with van der Waals surface area (Å²) in [6, 6.07) is 11.4. The molecule has 0 saturated heterocycles. The number of hydrogen-bond donors (Lipinski definition) is 1. The molecule has 96 valence electrons. The summed E-state index contributed by atoms with van der Waals surface area (Å²) >= 11 is 5.35. The lowest BCUT2D eigenvalue weighted by Crippen LogP contribution is -2.12. The monoisotopic (exact) mass is 277 g/mol. The highest BCUT2D eigenvalue weighted by atomic mass is 35.5. The number of benzene rings is 2. The smallest absolute Gasteiger partial charge is 0.255 e. The summed E-state index contributed by atoms with van der Waals surface area (Å²) in [5, 5.41) is 2.00. The molecule has 0 aliphatic heterocycles. The predicted octanol–water partition coefficient (Wildman–Crippen LogP) is 3.46. The maximum atomic E-state index is 12.7. The van der Waals surface area contributed by atoms with Crippen molar-refractivity contribution in [3.63, 3.8) is 0 Å². The Morgan fingerprint density at radius 2 is 1.68 bits per heavy atom. The molecule has 19 heavy (non-hydrogen) atoms. The highest BCUT2D eigenvalue weighted by Gasteiger charge is 2.08. The highest BCUT2D eigenvalue weighted by molar-refractivity contribution is 6.67. The standard InChI is InChI=1S/C14H9ClFNO2/c15-13(18)10-2-1-3-12(8-10)17-14(19)9-4-6-11(16)7-5-9/h1-8H,(H,17,19). The lowest BCUT2D eigenvalue weighted by atomic mass is 10.2. The van der Waals surface area contributed by atoms with Gasteiger partial charge >= 0.3 is 0 Å². The van der Waals surface area contributed by atoms with Crippen LogP contribution in [0.4, 0.5) is 10.1 Å². The summed E-state index contributed by atoms with van der Waals surface area (Å²) in [4.78, 5) is 22.9. The first-order chi connectivity index (χ1) is 9.06. The van der Waals surface area contributed by atoms with Crippen LogP contribution in [0.3, 0.4) is 0 Å². The minimum absolute atomic E-state index is 0.290. The molecule has 0 spiro atoms. The summed E-state index contributed by atoms with van der Waals surface area (Å²) in [5.74, 6) is -0.801. The van der Waals surface area contributed by atoms with Gasteiger partial charge in [-0.15, -0.1) is 0 Å². The number of nitrogens with one attached hydrogen (secondary N) is 1. The zero-order chi connectivity index (χ0) is 13.8. The number of anilines is 1. The van der Waals surface area contributed by atoms with Crippen LogP contribution in [0.5, 0.6) is 0 Å². The van der Waals surface area contributed by atoms with Gasteiger partial charge in [0.1, 0.15) is 5.82 Å². The first-order valence-electron chi connectivity index (χ1n) is 5.43. The van der Waals surface area contributed by atoms with Crippen molar-refractivity contribution in [2.24, 2.45) is 0 Å². The molecule has 1 amide bonds. The third kappa shape index (κ3) is 3.39. The van der Waals surface area contributed by atoms with Gasteiger partial charge in [-0.1, -0.05) is 6.07 Å². The summed E-state index contributed by atoms with van der Waals surface area (Å²) in [5.41, 5.74) is 1.06. The van der Waals surface area contributed by atoms with Gasteiger partial charge in [-0.25, -0.2) is 4.39 Å². The van der Waals surface area contributed by atoms with Crippen LogP contribution < -0.4 is 5.32 Å². The van der Waals surface area contributed by atoms with Crippen LogP contribution in [-0.2, 0) is 0 Å². The quantitative estimate of drug-likeness (QED) is 0.874. The van der Waals surface area contributed by atoms with E-state index in [0.29, 0.717) is 16.8 Å². The van der Waals surface area contributed by atoms with Crippen molar-refractivity contribution in [3.05, 3.63) is 65.5 Å². The van der Waals surface area contributed by atoms with E-state index >= 15 is 0 Å². The van der Waals surface area contributed by atoms with Crippen molar-refractivity contribution >= 4 is 28.4 Å². The van der Waals surface area contributed by atoms with Gasteiger partial charge in [0.2, 0.25) is 0 Å². The minimum Gasteiger partial charge on any atom is -0.322 e. The molecule has 0 aromatic heterocycles. The molecular formula is C14H9ClFNO2. The Hall–Kier alpha value is -2.20. The van der Waals surface area contributed by atoms with Gasteiger partial charge < -0.3 is 5.32 Å². The number of hydrogen-bond acceptors (Lipinski definition) is 2. The predicted molar refractivity (Wildman–Crippen MR) is 71.0 cm³/mol. The Kier molecular flexibility index (Phi) is 3.92. The van der Waals surface area contributed by atoms with Crippen molar-refractivity contribution in [1.82, 2.24) is 0 Å². The van der Waals surface area contributed by atoms with E-state index in [9.17, 15) is 14.0 Å². The first kappa shape index (κ1) is 13.2. The van der Waals surface area contributed by atoms with Gasteiger partial charge in [-0.2, -0.15) is 0 Å². The fourth-order valence-electron chi connectivity index (χ4n) is 1.52. The molecule has 2 aromatic carbocycles. The van der Waals surface area contributed by atoms with Crippen molar-refractivity contribution < 1.29 is 14.0 Å². The summed E-state index contributed by atoms with van der Waals surface area (Å²) in [7, 11) is 0. The molecule has 1 N–H and O–H groups in total. The normalized spacial score (nSPS) is 10.0. The number of rotatable bonds is 3. The summed E-state index contributed by atoms with van der Waals surface area (Å²) < 4.78 is 12.7. The van der Waals surface area contributed by atoms with Crippen molar-refractivity contribution in [3.8, 4) is 0 Å². The zero-order valence-electron chi connectivity index (χ0n) is 9.69. The van der Waals surface area contributed by atoms with Crippen molar-refractivity contribution in [1.29, 1.82) is 0 Å². The largest absolute Gasteiger partial charge is 0.322 e. The maximum Gasteiger partial charge on any atom is 0.255 e. The number of halogens is 2. The zero-order valence-corrected chi connectivity index (χ0v) is 10.4. The van der Waals surface area contributed by atoms with Crippen molar-refractivity contribution in [2.45, 2.75) is 0 Å². The molecular weight excluding hydrogens is 269 g/mol. The van der Waals surface area contributed by atoms with Gasteiger partial charge in [0, 0.05) is 16.8 Å². The Morgan fingerprint density at radius 1 is 1.00 bits per heavy atom. The molecule has 0 radical (unpaired) electrons. The third-order valence-corrected chi connectivity index (χ3v) is 2.67. The van der Waals surface area contributed by atoms with E-state index in [2.05, 4.69) is 5.32 Å². The maximum absolute atomic E-state index is 12.7. The van der Waals surface area contributed by atoms with Crippen LogP contribution in [0.1, 0.15) is 20.7 Å². The number of carbonyl (C=O) groups excluding carboxylic acids is 2. The number of amides is 1. The van der Waals surface area contributed by atoms with Crippen LogP contribution in [0.2, 0.25) is 0 Å². The van der Waals surface area contributed by atoms with Crippen LogP contribution in [0, 0.1) is 5.82 Å².